The van der Waals surface area contributed by atoms with Crippen molar-refractivity contribution in [3.8, 4) is 6.07 Å². The van der Waals surface area contributed by atoms with Gasteiger partial charge in [0.1, 0.15) is 0 Å². The van der Waals surface area contributed by atoms with Gasteiger partial charge in [0.2, 0.25) is 0 Å². The number of benzene rings is 4. The SMILES string of the molecule is C=C(c1ccc(CC#N)cc1)c1cc2c(cc1C)C(C)(C)CCC2(C)C.C=C(c1ccc(CO)cc1)c1cc2c(cc1C)C(C)(C)CCC2(C)C. The van der Waals surface area contributed by atoms with Crippen molar-refractivity contribution in [1.29, 1.82) is 5.26 Å². The molecule has 6 rings (SSSR count). The van der Waals surface area contributed by atoms with Gasteiger partial charge >= 0.3 is 0 Å². The van der Waals surface area contributed by atoms with Crippen molar-refractivity contribution in [2.45, 2.75) is 130 Å². The van der Waals surface area contributed by atoms with Crippen molar-refractivity contribution in [1.82, 2.24) is 0 Å². The first kappa shape index (κ1) is 38.1. The molecule has 266 valence electrons. The molecule has 2 aliphatic carbocycles. The Kier molecular flexibility index (Phi) is 10.5. The lowest BCUT2D eigenvalue weighted by molar-refractivity contribution is 0.282. The summed E-state index contributed by atoms with van der Waals surface area (Å²) >= 11 is 0. The summed E-state index contributed by atoms with van der Waals surface area (Å²) in [5, 5.41) is 18.1. The van der Waals surface area contributed by atoms with E-state index in [1.807, 2.05) is 24.3 Å². The molecule has 0 bridgehead atoms. The first-order chi connectivity index (χ1) is 23.8. The number of aliphatic hydroxyl groups is 1. The normalized spacial score (nSPS) is 17.5. The zero-order valence-electron chi connectivity index (χ0n) is 33.0. The molecule has 1 N–H and O–H groups in total. The van der Waals surface area contributed by atoms with Gasteiger partial charge in [-0.1, -0.05) is 141 Å². The molecular weight excluding hydrogens is 619 g/mol. The van der Waals surface area contributed by atoms with Crippen molar-refractivity contribution in [3.05, 3.63) is 153 Å². The number of nitriles is 1. The van der Waals surface area contributed by atoms with Gasteiger partial charge in [0.05, 0.1) is 19.1 Å². The van der Waals surface area contributed by atoms with Crippen LogP contribution >= 0.6 is 0 Å². The Bertz CT molecular complexity index is 1990. The molecule has 0 aromatic heterocycles. The molecule has 2 heteroatoms. The largest absolute Gasteiger partial charge is 0.392 e. The van der Waals surface area contributed by atoms with Gasteiger partial charge < -0.3 is 5.11 Å². The van der Waals surface area contributed by atoms with Gasteiger partial charge in [0, 0.05) is 0 Å². The van der Waals surface area contributed by atoms with Gasteiger partial charge in [-0.2, -0.15) is 5.26 Å². The Balaban J connectivity index is 0.000000198. The summed E-state index contributed by atoms with van der Waals surface area (Å²) < 4.78 is 0. The summed E-state index contributed by atoms with van der Waals surface area (Å²) in [7, 11) is 0. The van der Waals surface area contributed by atoms with Crippen molar-refractivity contribution in [3.63, 3.8) is 0 Å². The van der Waals surface area contributed by atoms with Crippen molar-refractivity contribution < 1.29 is 5.11 Å². The van der Waals surface area contributed by atoms with E-state index < -0.39 is 0 Å². The predicted octanol–water partition coefficient (Wildman–Crippen LogP) is 12.4. The molecule has 51 heavy (non-hydrogen) atoms. The molecule has 0 spiro atoms. The monoisotopic (exact) mass is 677 g/mol. The average molecular weight is 678 g/mol. The van der Waals surface area contributed by atoms with E-state index in [2.05, 4.69) is 137 Å². The Hall–Kier alpha value is -4.19. The predicted molar refractivity (Wildman–Crippen MR) is 217 cm³/mol. The molecule has 0 saturated carbocycles. The summed E-state index contributed by atoms with van der Waals surface area (Å²) in [4.78, 5) is 0. The van der Waals surface area contributed by atoms with Crippen LogP contribution in [-0.4, -0.2) is 5.11 Å². The lowest BCUT2D eigenvalue weighted by Crippen LogP contribution is -2.34. The Morgan fingerprint density at radius 3 is 1.20 bits per heavy atom. The topological polar surface area (TPSA) is 44.0 Å². The lowest BCUT2D eigenvalue weighted by Gasteiger charge is -2.42. The number of nitrogens with zero attached hydrogens (tertiary/aromatic N) is 1. The number of rotatable bonds is 6. The fourth-order valence-electron chi connectivity index (χ4n) is 8.13. The minimum atomic E-state index is 0.0773. The van der Waals surface area contributed by atoms with Gasteiger partial charge in [0.15, 0.2) is 0 Å². The highest BCUT2D eigenvalue weighted by molar-refractivity contribution is 5.81. The highest BCUT2D eigenvalue weighted by Crippen LogP contribution is 2.49. The van der Waals surface area contributed by atoms with Crippen LogP contribution in [0.1, 0.15) is 148 Å². The van der Waals surface area contributed by atoms with Crippen molar-refractivity contribution in [2.24, 2.45) is 0 Å². The van der Waals surface area contributed by atoms with Gasteiger partial charge in [-0.05, 0) is 139 Å². The maximum Gasteiger partial charge on any atom is 0.0681 e. The number of fused-ring (bicyclic) bond motifs is 2. The second-order valence-corrected chi connectivity index (χ2v) is 17.8. The van der Waals surface area contributed by atoms with E-state index >= 15 is 0 Å². The number of hydrogen-bond donors (Lipinski definition) is 1. The molecule has 0 unspecified atom stereocenters. The van der Waals surface area contributed by atoms with Crippen molar-refractivity contribution >= 4 is 11.1 Å². The third-order valence-corrected chi connectivity index (χ3v) is 12.1. The molecule has 0 fully saturated rings. The van der Waals surface area contributed by atoms with Crippen LogP contribution in [0.2, 0.25) is 0 Å². The van der Waals surface area contributed by atoms with Gasteiger partial charge in [-0.15, -0.1) is 0 Å². The second kappa shape index (κ2) is 14.1. The van der Waals surface area contributed by atoms with E-state index in [0.717, 1.165) is 33.4 Å². The maximum atomic E-state index is 9.24. The fraction of sp³-hybridized carbons (Fsp3) is 0.408. The quantitative estimate of drug-likeness (QED) is 0.221. The Morgan fingerprint density at radius 2 is 0.882 bits per heavy atom. The van der Waals surface area contributed by atoms with Crippen molar-refractivity contribution in [2.75, 3.05) is 0 Å². The molecule has 0 heterocycles. The molecule has 4 aromatic rings. The van der Waals surface area contributed by atoms with E-state index in [-0.39, 0.29) is 28.3 Å². The highest BCUT2D eigenvalue weighted by atomic mass is 16.3. The Labute approximate surface area is 309 Å². The summed E-state index contributed by atoms with van der Waals surface area (Å²) in [6.45, 7) is 32.1. The molecule has 0 amide bonds. The zero-order valence-corrected chi connectivity index (χ0v) is 33.0. The molecule has 0 atom stereocenters. The van der Waals surface area contributed by atoms with Crippen LogP contribution in [0, 0.1) is 25.2 Å². The first-order valence-corrected chi connectivity index (χ1v) is 18.7. The minimum Gasteiger partial charge on any atom is -0.392 e. The molecule has 2 nitrogen and oxygen atoms in total. The van der Waals surface area contributed by atoms with E-state index in [4.69, 9.17) is 5.26 Å². The van der Waals surface area contributed by atoms with Crippen LogP contribution in [0.5, 0.6) is 0 Å². The van der Waals surface area contributed by atoms with Crippen LogP contribution in [-0.2, 0) is 34.7 Å². The van der Waals surface area contributed by atoms with E-state index in [0.29, 0.717) is 6.42 Å². The maximum absolute atomic E-state index is 9.24. The first-order valence-electron chi connectivity index (χ1n) is 18.7. The minimum absolute atomic E-state index is 0.0773. The molecule has 0 radical (unpaired) electrons. The van der Waals surface area contributed by atoms with Gasteiger partial charge in [-0.25, -0.2) is 0 Å². The summed E-state index contributed by atoms with van der Waals surface area (Å²) in [6, 6.07) is 28.0. The van der Waals surface area contributed by atoms with Gasteiger partial charge in [-0.3, -0.25) is 0 Å². The smallest absolute Gasteiger partial charge is 0.0681 e. The standard InChI is InChI=1S/C25H29N.C24H30O/c1-17-15-22-23(25(5,6)13-12-24(22,3)4)16-21(17)18(2)20-9-7-19(8-10-20)11-14-26;1-16-13-21-22(24(5,6)12-11-23(21,3)4)14-20(16)17(2)19-9-7-18(15-25)8-10-19/h7-10,15-16H,2,11-13H2,1,3-6H3;7-10,13-14,25H,2,11-12,15H2,1,3-6H3. The summed E-state index contributed by atoms with van der Waals surface area (Å²) in [5.74, 6) is 0. The van der Waals surface area contributed by atoms with Crippen LogP contribution in [0.4, 0.5) is 0 Å². The van der Waals surface area contributed by atoms with E-state index in [1.165, 1.54) is 70.2 Å². The highest BCUT2D eigenvalue weighted by Gasteiger charge is 2.39. The lowest BCUT2D eigenvalue weighted by atomic mass is 9.62. The molecule has 0 saturated heterocycles. The molecular formula is C49H59NO. The van der Waals surface area contributed by atoms with Gasteiger partial charge in [0.25, 0.3) is 0 Å². The summed E-state index contributed by atoms with van der Waals surface area (Å²) in [5.41, 5.74) is 18.2. The third-order valence-electron chi connectivity index (χ3n) is 12.1. The average Bonchev–Trinajstić information content (AvgIpc) is 3.09. The van der Waals surface area contributed by atoms with Crippen LogP contribution in [0.15, 0.2) is 86.0 Å². The number of aryl methyl sites for hydroxylation is 2. The molecule has 0 aliphatic heterocycles. The van der Waals surface area contributed by atoms with Crippen LogP contribution in [0.3, 0.4) is 0 Å². The summed E-state index contributed by atoms with van der Waals surface area (Å²) in [6.07, 6.45) is 5.34. The fourth-order valence-corrected chi connectivity index (χ4v) is 8.13. The number of hydrogen-bond acceptors (Lipinski definition) is 2. The zero-order chi connectivity index (χ0) is 37.5. The molecule has 4 aromatic carbocycles. The van der Waals surface area contributed by atoms with E-state index in [1.54, 1.807) is 0 Å². The second-order valence-electron chi connectivity index (χ2n) is 17.8. The van der Waals surface area contributed by atoms with E-state index in [9.17, 15) is 5.11 Å². The Morgan fingerprint density at radius 1 is 0.569 bits per heavy atom. The van der Waals surface area contributed by atoms with Crippen LogP contribution < -0.4 is 0 Å². The third kappa shape index (κ3) is 7.71. The molecule has 2 aliphatic rings. The number of aliphatic hydroxyl groups excluding tert-OH is 1. The van der Waals surface area contributed by atoms with Crippen LogP contribution in [0.25, 0.3) is 11.1 Å².